The number of amides is 1. The van der Waals surface area contributed by atoms with E-state index in [0.29, 0.717) is 18.1 Å². The van der Waals surface area contributed by atoms with Crippen molar-refractivity contribution < 1.29 is 4.79 Å². The minimum atomic E-state index is -0.198. The second kappa shape index (κ2) is 7.23. The number of hydrogen-bond donors (Lipinski definition) is 2. The summed E-state index contributed by atoms with van der Waals surface area (Å²) >= 11 is 0. The average molecular weight is 270 g/mol. The van der Waals surface area contributed by atoms with Crippen LogP contribution in [0, 0.1) is 0 Å². The quantitative estimate of drug-likeness (QED) is 0.841. The van der Waals surface area contributed by atoms with Gasteiger partial charge in [-0.05, 0) is 31.0 Å². The van der Waals surface area contributed by atoms with Crippen LogP contribution in [-0.4, -0.2) is 29.2 Å². The Morgan fingerprint density at radius 3 is 2.55 bits per heavy atom. The van der Waals surface area contributed by atoms with Crippen LogP contribution in [-0.2, 0) is 6.42 Å². The molecule has 0 aliphatic carbocycles. The van der Waals surface area contributed by atoms with Gasteiger partial charge in [0.15, 0.2) is 5.69 Å². The second-order valence-corrected chi connectivity index (χ2v) is 4.33. The zero-order valence-electron chi connectivity index (χ0n) is 11.5. The van der Waals surface area contributed by atoms with Gasteiger partial charge in [-0.1, -0.05) is 30.3 Å². The fourth-order valence-corrected chi connectivity index (χ4v) is 1.78. The van der Waals surface area contributed by atoms with Crippen molar-refractivity contribution in [3.05, 3.63) is 53.7 Å². The van der Waals surface area contributed by atoms with Crippen LogP contribution in [0.15, 0.2) is 42.5 Å². The lowest BCUT2D eigenvalue weighted by Crippen LogP contribution is -2.24. The Labute approximate surface area is 118 Å². The number of rotatable bonds is 6. The molecule has 2 aromatic rings. The summed E-state index contributed by atoms with van der Waals surface area (Å²) in [5.74, 6) is 0.477. The van der Waals surface area contributed by atoms with E-state index in [1.807, 2.05) is 25.1 Å². The first-order valence-electron chi connectivity index (χ1n) is 6.69. The number of nitrogens with zero attached hydrogens (tertiary/aromatic N) is 2. The highest BCUT2D eigenvalue weighted by atomic mass is 16.1. The van der Waals surface area contributed by atoms with E-state index in [2.05, 4.69) is 33.0 Å². The van der Waals surface area contributed by atoms with Gasteiger partial charge in [0, 0.05) is 13.1 Å². The fourth-order valence-electron chi connectivity index (χ4n) is 1.78. The molecule has 5 heteroatoms. The Morgan fingerprint density at radius 2 is 1.90 bits per heavy atom. The van der Waals surface area contributed by atoms with Gasteiger partial charge in [0.05, 0.1) is 0 Å². The molecule has 0 atom stereocenters. The van der Waals surface area contributed by atoms with E-state index in [0.717, 1.165) is 13.0 Å². The van der Waals surface area contributed by atoms with Crippen molar-refractivity contribution in [3.63, 3.8) is 0 Å². The molecule has 0 bridgehead atoms. The van der Waals surface area contributed by atoms with E-state index < -0.39 is 0 Å². The van der Waals surface area contributed by atoms with E-state index >= 15 is 0 Å². The van der Waals surface area contributed by atoms with Crippen LogP contribution in [0.5, 0.6) is 0 Å². The second-order valence-electron chi connectivity index (χ2n) is 4.33. The first-order valence-corrected chi connectivity index (χ1v) is 6.69. The number of hydrogen-bond acceptors (Lipinski definition) is 4. The summed E-state index contributed by atoms with van der Waals surface area (Å²) in [7, 11) is 0. The molecule has 1 aromatic carbocycles. The third-order valence-electron chi connectivity index (χ3n) is 2.80. The molecule has 0 aliphatic heterocycles. The van der Waals surface area contributed by atoms with E-state index in [9.17, 15) is 4.79 Å². The zero-order valence-corrected chi connectivity index (χ0v) is 11.5. The summed E-state index contributed by atoms with van der Waals surface area (Å²) in [6.07, 6.45) is 0.917. The van der Waals surface area contributed by atoms with E-state index in [1.54, 1.807) is 12.1 Å². The van der Waals surface area contributed by atoms with Crippen LogP contribution in [0.25, 0.3) is 0 Å². The number of nitrogens with one attached hydrogen (secondary N) is 2. The van der Waals surface area contributed by atoms with Crippen molar-refractivity contribution in [1.82, 2.24) is 15.5 Å². The Balaban J connectivity index is 1.83. The molecule has 5 nitrogen and oxygen atoms in total. The minimum absolute atomic E-state index is 0.198. The predicted molar refractivity (Wildman–Crippen MR) is 78.7 cm³/mol. The molecular weight excluding hydrogens is 252 g/mol. The van der Waals surface area contributed by atoms with Crippen molar-refractivity contribution in [3.8, 4) is 0 Å². The van der Waals surface area contributed by atoms with Gasteiger partial charge in [0.25, 0.3) is 5.91 Å². The highest BCUT2D eigenvalue weighted by Crippen LogP contribution is 2.04. The van der Waals surface area contributed by atoms with E-state index in [4.69, 9.17) is 0 Å². The molecule has 1 heterocycles. The Morgan fingerprint density at radius 1 is 1.10 bits per heavy atom. The minimum Gasteiger partial charge on any atom is -0.368 e. The number of benzene rings is 1. The maximum Gasteiger partial charge on any atom is 0.271 e. The predicted octanol–water partition coefficient (Wildman–Crippen LogP) is 1.88. The number of carbonyl (C=O) groups excluding carboxylic acids is 1. The topological polar surface area (TPSA) is 66.9 Å². The van der Waals surface area contributed by atoms with Gasteiger partial charge in [-0.2, -0.15) is 0 Å². The highest BCUT2D eigenvalue weighted by molar-refractivity contribution is 5.92. The van der Waals surface area contributed by atoms with Crippen LogP contribution in [0.4, 0.5) is 5.82 Å². The van der Waals surface area contributed by atoms with Crippen molar-refractivity contribution in [2.24, 2.45) is 0 Å². The molecule has 0 fully saturated rings. The Bertz CT molecular complexity index is 540. The molecule has 0 unspecified atom stereocenters. The third kappa shape index (κ3) is 4.05. The molecule has 1 amide bonds. The lowest BCUT2D eigenvalue weighted by atomic mass is 10.1. The molecular formula is C15H18N4O. The lowest BCUT2D eigenvalue weighted by molar-refractivity contribution is 0.0950. The van der Waals surface area contributed by atoms with Gasteiger partial charge in [0.1, 0.15) is 5.82 Å². The summed E-state index contributed by atoms with van der Waals surface area (Å²) in [6, 6.07) is 13.7. The summed E-state index contributed by atoms with van der Waals surface area (Å²) < 4.78 is 0. The molecule has 2 rings (SSSR count). The smallest absolute Gasteiger partial charge is 0.271 e. The maximum absolute atomic E-state index is 11.5. The van der Waals surface area contributed by atoms with Crippen LogP contribution in [0.2, 0.25) is 0 Å². The van der Waals surface area contributed by atoms with Gasteiger partial charge in [-0.3, -0.25) is 4.79 Å². The first-order chi connectivity index (χ1) is 9.79. The van der Waals surface area contributed by atoms with Gasteiger partial charge >= 0.3 is 0 Å². The summed E-state index contributed by atoms with van der Waals surface area (Å²) in [5.41, 5.74) is 1.60. The molecule has 20 heavy (non-hydrogen) atoms. The third-order valence-corrected chi connectivity index (χ3v) is 2.80. The number of carbonyl (C=O) groups is 1. The van der Waals surface area contributed by atoms with Crippen LogP contribution >= 0.6 is 0 Å². The van der Waals surface area contributed by atoms with Crippen LogP contribution in [0.1, 0.15) is 23.0 Å². The lowest BCUT2D eigenvalue weighted by Gasteiger charge is -2.06. The monoisotopic (exact) mass is 270 g/mol. The van der Waals surface area contributed by atoms with E-state index in [-0.39, 0.29) is 5.91 Å². The molecule has 0 saturated carbocycles. The van der Waals surface area contributed by atoms with Crippen LogP contribution < -0.4 is 10.6 Å². The molecule has 0 radical (unpaired) electrons. The van der Waals surface area contributed by atoms with Gasteiger partial charge in [-0.25, -0.2) is 0 Å². The largest absolute Gasteiger partial charge is 0.368 e. The van der Waals surface area contributed by atoms with Crippen LogP contribution in [0.3, 0.4) is 0 Å². The molecule has 1 aromatic heterocycles. The normalized spacial score (nSPS) is 10.1. The number of anilines is 1. The van der Waals surface area contributed by atoms with Gasteiger partial charge in [-0.15, -0.1) is 10.2 Å². The van der Waals surface area contributed by atoms with E-state index in [1.165, 1.54) is 5.56 Å². The first kappa shape index (κ1) is 14.0. The van der Waals surface area contributed by atoms with Crippen molar-refractivity contribution in [2.45, 2.75) is 13.3 Å². The summed E-state index contributed by atoms with van der Waals surface area (Å²) in [4.78, 5) is 11.5. The standard InChI is InChI=1S/C15H18N4O/c1-2-16-15(20)13-8-9-14(19-18-13)17-11-10-12-6-4-3-5-7-12/h3-9H,2,10-11H2,1H3,(H,16,20)(H,17,19). The molecule has 0 aliphatic rings. The zero-order chi connectivity index (χ0) is 14.2. The highest BCUT2D eigenvalue weighted by Gasteiger charge is 2.06. The molecule has 0 spiro atoms. The van der Waals surface area contributed by atoms with Gasteiger partial charge < -0.3 is 10.6 Å². The SMILES string of the molecule is CCNC(=O)c1ccc(NCCc2ccccc2)nn1. The molecule has 0 saturated heterocycles. The summed E-state index contributed by atoms with van der Waals surface area (Å²) in [5, 5.41) is 13.8. The molecule has 104 valence electrons. The number of aromatic nitrogens is 2. The Hall–Kier alpha value is -2.43. The van der Waals surface area contributed by atoms with Crippen molar-refractivity contribution >= 4 is 11.7 Å². The van der Waals surface area contributed by atoms with Crippen molar-refractivity contribution in [2.75, 3.05) is 18.4 Å². The summed E-state index contributed by atoms with van der Waals surface area (Å²) in [6.45, 7) is 3.22. The average Bonchev–Trinajstić information content (AvgIpc) is 2.49. The fraction of sp³-hybridized carbons (Fsp3) is 0.267. The Kier molecular flexibility index (Phi) is 5.06. The van der Waals surface area contributed by atoms with Gasteiger partial charge in [0.2, 0.25) is 0 Å². The molecule has 2 N–H and O–H groups in total. The maximum atomic E-state index is 11.5. The van der Waals surface area contributed by atoms with Crippen molar-refractivity contribution in [1.29, 1.82) is 0 Å².